The van der Waals surface area contributed by atoms with Crippen molar-refractivity contribution < 1.29 is 24.3 Å². The molecule has 0 bridgehead atoms. The van der Waals surface area contributed by atoms with Crippen molar-refractivity contribution >= 4 is 52.5 Å². The van der Waals surface area contributed by atoms with E-state index in [0.29, 0.717) is 29.6 Å². The van der Waals surface area contributed by atoms with Gasteiger partial charge >= 0.3 is 12.2 Å². The molecule has 0 spiro atoms. The van der Waals surface area contributed by atoms with Gasteiger partial charge in [-0.1, -0.05) is 0 Å². The molecule has 0 aliphatic carbocycles. The lowest BCUT2D eigenvalue weighted by atomic mass is 10.1. The minimum absolute atomic E-state index is 0.0117. The van der Waals surface area contributed by atoms with Crippen molar-refractivity contribution in [3.05, 3.63) is 47.3 Å². The number of Topliss-reactive ketones (excluding diaryl/α,β-unsaturated/α-hetero) is 1. The first-order valence-electron chi connectivity index (χ1n) is 10.3. The number of carboxylic acid groups (broad SMARTS) is 1. The Morgan fingerprint density at radius 1 is 1.20 bits per heavy atom. The van der Waals surface area contributed by atoms with Crippen LogP contribution in [0.3, 0.4) is 0 Å². The van der Waals surface area contributed by atoms with Gasteiger partial charge in [0.05, 0.1) is 18.4 Å². The van der Waals surface area contributed by atoms with Crippen LogP contribution in [0.1, 0.15) is 28.9 Å². The van der Waals surface area contributed by atoms with Crippen LogP contribution in [-0.4, -0.2) is 66.8 Å². The molecule has 14 heteroatoms. The van der Waals surface area contributed by atoms with E-state index >= 15 is 0 Å². The highest BCUT2D eigenvalue weighted by Gasteiger charge is 2.22. The molecule has 0 fully saturated rings. The van der Waals surface area contributed by atoms with E-state index in [9.17, 15) is 19.5 Å². The van der Waals surface area contributed by atoms with Crippen LogP contribution >= 0.6 is 0 Å². The normalized spacial score (nSPS) is 11.3. The molecule has 35 heavy (non-hydrogen) atoms. The molecule has 1 unspecified atom stereocenters. The molecule has 0 aliphatic rings. The number of hydrogen-bond acceptors (Lipinski definition) is 10. The summed E-state index contributed by atoms with van der Waals surface area (Å²) in [5, 5.41) is 11.7. The van der Waals surface area contributed by atoms with Crippen molar-refractivity contribution in [2.75, 3.05) is 23.4 Å². The third kappa shape index (κ3) is 6.30. The summed E-state index contributed by atoms with van der Waals surface area (Å²) in [5.41, 5.74) is 22.0. The monoisotopic (exact) mass is 478 g/mol. The third-order valence-corrected chi connectivity index (χ3v) is 4.96. The molecule has 1 atom stereocenters. The molecule has 0 saturated carbocycles. The van der Waals surface area contributed by atoms with Crippen molar-refractivity contribution in [1.82, 2.24) is 25.3 Å². The number of aromatic nitrogens is 4. The maximum absolute atomic E-state index is 12.5. The first kappa shape index (κ1) is 24.7. The van der Waals surface area contributed by atoms with Gasteiger partial charge in [0.25, 0.3) is 5.91 Å². The zero-order valence-electron chi connectivity index (χ0n) is 18.6. The van der Waals surface area contributed by atoms with Crippen molar-refractivity contribution in [2.24, 2.45) is 0 Å². The van der Waals surface area contributed by atoms with Gasteiger partial charge in [-0.2, -0.15) is 14.8 Å². The fourth-order valence-corrected chi connectivity index (χ4v) is 3.18. The van der Waals surface area contributed by atoms with Crippen LogP contribution in [-0.2, 0) is 16.1 Å². The van der Waals surface area contributed by atoms with Crippen LogP contribution in [0.2, 0.25) is 0 Å². The number of fused-ring (bicyclic) bond motifs is 1. The highest BCUT2D eigenvalue weighted by Crippen LogP contribution is 2.19. The van der Waals surface area contributed by atoms with Crippen molar-refractivity contribution in [1.29, 1.82) is 0 Å². The molecule has 180 valence electrons. The number of aliphatic carboxylic acids is 1. The number of nitrogen functional groups attached to an aromatic ring is 2. The Labute approximate surface area is 198 Å². The highest BCUT2D eigenvalue weighted by atomic mass is 16.4. The Morgan fingerprint density at radius 2 is 1.91 bits per heavy atom. The number of ketones is 1. The van der Waals surface area contributed by atoms with Crippen molar-refractivity contribution in [3.63, 3.8) is 0 Å². The van der Waals surface area contributed by atoms with Crippen LogP contribution in [0.25, 0.3) is 16.7 Å². The average molecular weight is 478 g/mol. The summed E-state index contributed by atoms with van der Waals surface area (Å²) in [6, 6.07) is 5.20. The number of hydrogen-bond donors (Lipinski definition) is 4. The topological polar surface area (TPSA) is 227 Å². The van der Waals surface area contributed by atoms with E-state index in [1.165, 1.54) is 0 Å². The molecule has 0 saturated heterocycles. The number of amides is 1. The minimum atomic E-state index is -1.28. The number of carbonyl (C=O) groups is 3. The predicted octanol–water partition coefficient (Wildman–Crippen LogP) is 0.0535. The first-order chi connectivity index (χ1) is 16.7. The molecule has 0 radical (unpaired) electrons. The predicted molar refractivity (Wildman–Crippen MR) is 125 cm³/mol. The zero-order valence-corrected chi connectivity index (χ0v) is 18.6. The van der Waals surface area contributed by atoms with Gasteiger partial charge in [-0.05, 0) is 30.7 Å². The first-order valence-corrected chi connectivity index (χ1v) is 10.3. The van der Waals surface area contributed by atoms with Gasteiger partial charge in [0.1, 0.15) is 6.04 Å². The van der Waals surface area contributed by atoms with E-state index in [4.69, 9.17) is 17.0 Å². The van der Waals surface area contributed by atoms with Crippen LogP contribution in [0.4, 0.5) is 17.5 Å². The molecule has 1 aromatic carbocycles. The van der Waals surface area contributed by atoms with Crippen LogP contribution in [0.15, 0.2) is 30.5 Å². The maximum atomic E-state index is 12.5. The zero-order chi connectivity index (χ0) is 25.5. The number of nitrogens with zero attached hydrogens (tertiary/aromatic N) is 7. The van der Waals surface area contributed by atoms with Gasteiger partial charge in [-0.15, -0.1) is 0 Å². The Balaban J connectivity index is 1.65. The standard InChI is InChI=1S/C21H22N10O4/c1-31(10-12-8-25-18-16(27-12)17(22)29-21(23)30-18)13-4-2-11(3-5-13)19(33)28-15(20(34)35)7-6-14(32)9-26-24/h2-5,8-9,15H,6-7,10H2,1H3,(H,28,33)(H,34,35)(H4,22,23,25,29,30). The van der Waals surface area contributed by atoms with Crippen molar-refractivity contribution in [3.8, 4) is 0 Å². The molecular formula is C21H22N10O4. The number of rotatable bonds is 10. The lowest BCUT2D eigenvalue weighted by molar-refractivity contribution is -0.139. The molecule has 6 N–H and O–H groups in total. The molecule has 14 nitrogen and oxygen atoms in total. The van der Waals surface area contributed by atoms with Crippen LogP contribution < -0.4 is 21.7 Å². The second kappa shape index (κ2) is 10.8. The summed E-state index contributed by atoms with van der Waals surface area (Å²) in [5.74, 6) is -2.31. The molecule has 1 amide bonds. The molecule has 0 aliphatic heterocycles. The van der Waals surface area contributed by atoms with Crippen molar-refractivity contribution in [2.45, 2.75) is 25.4 Å². The summed E-state index contributed by atoms with van der Waals surface area (Å²) in [6.45, 7) is 0.366. The van der Waals surface area contributed by atoms with E-state index in [0.717, 1.165) is 5.69 Å². The number of benzene rings is 1. The number of nitrogens with one attached hydrogen (secondary N) is 1. The smallest absolute Gasteiger partial charge is 0.326 e. The van der Waals surface area contributed by atoms with Gasteiger partial charge < -0.3 is 32.3 Å². The fourth-order valence-electron chi connectivity index (χ4n) is 3.18. The van der Waals surface area contributed by atoms with E-state index in [1.807, 2.05) is 11.9 Å². The highest BCUT2D eigenvalue weighted by molar-refractivity contribution is 6.25. The summed E-state index contributed by atoms with van der Waals surface area (Å²) in [4.78, 5) is 56.3. The summed E-state index contributed by atoms with van der Waals surface area (Å²) in [6.07, 6.45) is 1.88. The fraction of sp³-hybridized carbons (Fsp3) is 0.238. The Kier molecular flexibility index (Phi) is 7.59. The number of nitrogens with two attached hydrogens (primary N) is 2. The van der Waals surface area contributed by atoms with E-state index in [1.54, 1.807) is 30.5 Å². The average Bonchev–Trinajstić information content (AvgIpc) is 2.82. The molecule has 3 rings (SSSR count). The lowest BCUT2D eigenvalue weighted by Gasteiger charge is -2.19. The molecular weight excluding hydrogens is 456 g/mol. The third-order valence-electron chi connectivity index (χ3n) is 4.96. The largest absolute Gasteiger partial charge is 0.480 e. The second-order valence-corrected chi connectivity index (χ2v) is 7.52. The molecule has 2 heterocycles. The Bertz CT molecular complexity index is 1320. The Hall–Kier alpha value is -4.97. The van der Waals surface area contributed by atoms with Crippen LogP contribution in [0, 0.1) is 0 Å². The number of carbonyl (C=O) groups excluding carboxylic acids is 2. The maximum Gasteiger partial charge on any atom is 0.326 e. The van der Waals surface area contributed by atoms with Gasteiger partial charge in [0.15, 0.2) is 17.0 Å². The van der Waals surface area contributed by atoms with E-state index < -0.39 is 23.7 Å². The van der Waals surface area contributed by atoms with Gasteiger partial charge in [0.2, 0.25) is 11.7 Å². The van der Waals surface area contributed by atoms with Gasteiger partial charge in [0, 0.05) is 24.7 Å². The van der Waals surface area contributed by atoms with E-state index in [2.05, 4.69) is 30.0 Å². The summed E-state index contributed by atoms with van der Waals surface area (Å²) >= 11 is 0. The SMILES string of the molecule is CN(Cc1cnc2nc(N)nc(N)c2n1)c1ccc(C(=O)NC(CCC(=O)C=[N+]=[N-])C(=O)O)cc1. The summed E-state index contributed by atoms with van der Waals surface area (Å²) < 4.78 is 0. The van der Waals surface area contributed by atoms with E-state index in [-0.39, 0.29) is 30.2 Å². The Morgan fingerprint density at radius 3 is 2.57 bits per heavy atom. The lowest BCUT2D eigenvalue weighted by Crippen LogP contribution is -2.41. The van der Waals surface area contributed by atoms with Gasteiger partial charge in [-0.3, -0.25) is 9.59 Å². The number of anilines is 3. The van der Waals surface area contributed by atoms with Gasteiger partial charge in [-0.25, -0.2) is 14.8 Å². The molecule has 2 aromatic heterocycles. The molecule has 3 aromatic rings. The second-order valence-electron chi connectivity index (χ2n) is 7.52. The number of carboxylic acids is 1. The quantitative estimate of drug-likeness (QED) is 0.173. The minimum Gasteiger partial charge on any atom is -0.480 e. The summed E-state index contributed by atoms with van der Waals surface area (Å²) in [7, 11) is 1.82. The van der Waals surface area contributed by atoms with Crippen LogP contribution in [0.5, 0.6) is 0 Å².